The van der Waals surface area contributed by atoms with E-state index in [0.717, 1.165) is 42.8 Å². The van der Waals surface area contributed by atoms with Gasteiger partial charge in [0.2, 0.25) is 0 Å². The Morgan fingerprint density at radius 3 is 2.76 bits per heavy atom. The average Bonchev–Trinajstić information content (AvgIpc) is 3.03. The first kappa shape index (κ1) is 19.6. The molecule has 5 heteroatoms. The van der Waals surface area contributed by atoms with Crippen molar-refractivity contribution in [1.29, 1.82) is 0 Å². The maximum absolute atomic E-state index is 11.6. The van der Waals surface area contributed by atoms with Crippen LogP contribution in [0.2, 0.25) is 0 Å². The van der Waals surface area contributed by atoms with Gasteiger partial charge >= 0.3 is 0 Å². The monoisotopic (exact) mass is 391 g/mol. The molecule has 2 aromatic carbocycles. The Labute approximate surface area is 173 Å². The van der Waals surface area contributed by atoms with Gasteiger partial charge in [-0.25, -0.2) is 0 Å². The zero-order valence-electron chi connectivity index (χ0n) is 17.5. The molecule has 5 nitrogen and oxygen atoms in total. The molecular formula is C24H29N3O2. The molecule has 0 radical (unpaired) electrons. The fourth-order valence-corrected chi connectivity index (χ4v) is 4.75. The van der Waals surface area contributed by atoms with Crippen molar-refractivity contribution < 1.29 is 9.53 Å². The lowest BCUT2D eigenvalue weighted by Crippen LogP contribution is -2.52. The van der Waals surface area contributed by atoms with E-state index in [9.17, 15) is 4.79 Å². The van der Waals surface area contributed by atoms with Crippen LogP contribution in [-0.4, -0.2) is 50.2 Å². The number of aryl methyl sites for hydroxylation is 1. The molecule has 4 rings (SSSR count). The van der Waals surface area contributed by atoms with E-state index in [0.29, 0.717) is 13.0 Å². The number of ether oxygens (including phenoxy) is 1. The number of hydrazone groups is 1. The lowest BCUT2D eigenvalue weighted by molar-refractivity contribution is -0.106. The number of nitrogens with zero attached hydrogens (tertiary/aromatic N) is 3. The van der Waals surface area contributed by atoms with Crippen LogP contribution in [0, 0.1) is 6.92 Å². The van der Waals surface area contributed by atoms with Crippen LogP contribution >= 0.6 is 0 Å². The van der Waals surface area contributed by atoms with Crippen molar-refractivity contribution in [3.63, 3.8) is 0 Å². The van der Waals surface area contributed by atoms with Gasteiger partial charge in [0, 0.05) is 6.42 Å². The van der Waals surface area contributed by atoms with Crippen molar-refractivity contribution in [2.45, 2.75) is 37.6 Å². The van der Waals surface area contributed by atoms with E-state index >= 15 is 0 Å². The third-order valence-corrected chi connectivity index (χ3v) is 6.11. The largest absolute Gasteiger partial charge is 0.489 e. The van der Waals surface area contributed by atoms with Gasteiger partial charge < -0.3 is 14.4 Å². The topological polar surface area (TPSA) is 45.1 Å². The molecule has 0 saturated heterocycles. The van der Waals surface area contributed by atoms with E-state index in [2.05, 4.69) is 67.3 Å². The minimum absolute atomic E-state index is 0.0383. The maximum Gasteiger partial charge on any atom is 0.144 e. The number of hydrogen-bond donors (Lipinski definition) is 0. The minimum Gasteiger partial charge on any atom is -0.489 e. The third kappa shape index (κ3) is 3.44. The van der Waals surface area contributed by atoms with Crippen LogP contribution in [-0.2, 0) is 10.2 Å². The molecule has 0 saturated carbocycles. The van der Waals surface area contributed by atoms with E-state index in [1.807, 2.05) is 12.1 Å². The van der Waals surface area contributed by atoms with E-state index < -0.39 is 0 Å². The van der Waals surface area contributed by atoms with Crippen molar-refractivity contribution in [3.05, 3.63) is 59.7 Å². The molecule has 152 valence electrons. The molecule has 0 fully saturated rings. The fourth-order valence-electron chi connectivity index (χ4n) is 4.75. The third-order valence-electron chi connectivity index (χ3n) is 6.11. The summed E-state index contributed by atoms with van der Waals surface area (Å²) >= 11 is 0. The quantitative estimate of drug-likeness (QED) is 0.674. The normalized spacial score (nSPS) is 22.7. The molecule has 2 aromatic rings. The second-order valence-corrected chi connectivity index (χ2v) is 8.30. The van der Waals surface area contributed by atoms with Gasteiger partial charge in [-0.3, -0.25) is 5.01 Å². The van der Waals surface area contributed by atoms with Crippen molar-refractivity contribution in [1.82, 2.24) is 4.90 Å². The molecule has 2 heterocycles. The van der Waals surface area contributed by atoms with Gasteiger partial charge in [-0.2, -0.15) is 5.10 Å². The summed E-state index contributed by atoms with van der Waals surface area (Å²) in [5.74, 6) is 0.859. The summed E-state index contributed by atoms with van der Waals surface area (Å²) in [7, 11) is 4.19. The summed E-state index contributed by atoms with van der Waals surface area (Å²) < 4.78 is 6.21. The SMILES string of the molecule is Cc1ccc2c(c1)N1N=C(CC=O)C(CCCN(C)C)(c3ccccc3)C1CO2. The second kappa shape index (κ2) is 7.99. The molecule has 2 unspecified atom stereocenters. The first-order valence-corrected chi connectivity index (χ1v) is 10.3. The van der Waals surface area contributed by atoms with Crippen LogP contribution in [0.25, 0.3) is 0 Å². The summed E-state index contributed by atoms with van der Waals surface area (Å²) in [4.78, 5) is 13.8. The van der Waals surface area contributed by atoms with Gasteiger partial charge in [0.05, 0.1) is 11.1 Å². The minimum atomic E-state index is -0.334. The first-order valence-electron chi connectivity index (χ1n) is 10.3. The predicted molar refractivity (Wildman–Crippen MR) is 117 cm³/mol. The molecule has 29 heavy (non-hydrogen) atoms. The Morgan fingerprint density at radius 2 is 2.03 bits per heavy atom. The number of fused-ring (bicyclic) bond motifs is 3. The molecule has 0 N–H and O–H groups in total. The lowest BCUT2D eigenvalue weighted by atomic mass is 9.67. The number of hydrogen-bond acceptors (Lipinski definition) is 5. The molecule has 0 aliphatic carbocycles. The van der Waals surface area contributed by atoms with E-state index in [1.165, 1.54) is 11.1 Å². The smallest absolute Gasteiger partial charge is 0.144 e. The van der Waals surface area contributed by atoms with E-state index in [1.54, 1.807) is 0 Å². The summed E-state index contributed by atoms with van der Waals surface area (Å²) in [6.07, 6.45) is 3.27. The zero-order valence-corrected chi connectivity index (χ0v) is 17.5. The van der Waals surface area contributed by atoms with Crippen molar-refractivity contribution in [2.75, 3.05) is 32.3 Å². The highest BCUT2D eigenvalue weighted by atomic mass is 16.5. The number of rotatable bonds is 7. The van der Waals surface area contributed by atoms with Crippen LogP contribution < -0.4 is 9.75 Å². The molecule has 0 spiro atoms. The summed E-state index contributed by atoms with van der Waals surface area (Å²) in [6.45, 7) is 3.63. The van der Waals surface area contributed by atoms with Crippen molar-refractivity contribution in [3.8, 4) is 5.75 Å². The first-order chi connectivity index (χ1) is 14.1. The van der Waals surface area contributed by atoms with E-state index in [-0.39, 0.29) is 11.5 Å². The van der Waals surface area contributed by atoms with Crippen LogP contribution in [0.3, 0.4) is 0 Å². The molecule has 0 bridgehead atoms. The number of aldehydes is 1. The van der Waals surface area contributed by atoms with Gasteiger partial charge in [0.1, 0.15) is 30.4 Å². The molecule has 0 amide bonds. The van der Waals surface area contributed by atoms with Crippen molar-refractivity contribution in [2.24, 2.45) is 5.10 Å². The summed E-state index contributed by atoms with van der Waals surface area (Å²) in [5, 5.41) is 7.15. The molecule has 2 aliphatic heterocycles. The maximum atomic E-state index is 11.6. The Kier molecular flexibility index (Phi) is 5.41. The van der Waals surface area contributed by atoms with Crippen LogP contribution in [0.1, 0.15) is 30.4 Å². The van der Waals surface area contributed by atoms with Crippen molar-refractivity contribution >= 4 is 17.7 Å². The molecule has 0 aromatic heterocycles. The standard InChI is InChI=1S/C24H29N3O2/c1-18-10-11-21-20(16-18)27-23(17-29-21)24(13-7-14-26(2)3,22(25-27)12-15-28)19-8-5-4-6-9-19/h4-6,8-11,15-16,23H,7,12-14,17H2,1-3H3. The van der Waals surface area contributed by atoms with Crippen LogP contribution in [0.5, 0.6) is 5.75 Å². The van der Waals surface area contributed by atoms with Gasteiger partial charge in [-0.05, 0) is 63.7 Å². The van der Waals surface area contributed by atoms with Crippen LogP contribution in [0.15, 0.2) is 53.6 Å². The lowest BCUT2D eigenvalue weighted by Gasteiger charge is -2.42. The highest BCUT2D eigenvalue weighted by molar-refractivity contribution is 6.05. The average molecular weight is 392 g/mol. The van der Waals surface area contributed by atoms with Gasteiger partial charge in [-0.1, -0.05) is 36.4 Å². The number of carbonyl (C=O) groups is 1. The predicted octanol–water partition coefficient (Wildman–Crippen LogP) is 3.80. The highest BCUT2D eigenvalue weighted by Gasteiger charge is 2.54. The number of carbonyl (C=O) groups excluding carboxylic acids is 1. The summed E-state index contributed by atoms with van der Waals surface area (Å²) in [5.41, 5.74) is 3.99. The van der Waals surface area contributed by atoms with Gasteiger partial charge in [0.15, 0.2) is 0 Å². The Bertz CT molecular complexity index is 910. The zero-order chi connectivity index (χ0) is 20.4. The number of anilines is 1. The van der Waals surface area contributed by atoms with E-state index in [4.69, 9.17) is 9.84 Å². The number of benzene rings is 2. The Morgan fingerprint density at radius 1 is 1.24 bits per heavy atom. The van der Waals surface area contributed by atoms with Gasteiger partial charge in [0.25, 0.3) is 0 Å². The molecule has 2 atom stereocenters. The van der Waals surface area contributed by atoms with Crippen LogP contribution in [0.4, 0.5) is 5.69 Å². The highest BCUT2D eigenvalue weighted by Crippen LogP contribution is 2.48. The van der Waals surface area contributed by atoms with Gasteiger partial charge in [-0.15, -0.1) is 0 Å². The Hall–Kier alpha value is -2.66. The molecule has 2 aliphatic rings. The summed E-state index contributed by atoms with van der Waals surface area (Å²) in [6, 6.07) is 16.8. The molecular weight excluding hydrogens is 362 g/mol. The fraction of sp³-hybridized carbons (Fsp3) is 0.417. The Balaban J connectivity index is 1.83. The second-order valence-electron chi connectivity index (χ2n) is 8.30.